The number of anilines is 1. The lowest BCUT2D eigenvalue weighted by atomic mass is 9.97. The first kappa shape index (κ1) is 11.9. The molecule has 1 saturated heterocycles. The molecule has 0 saturated carbocycles. The first-order chi connectivity index (χ1) is 8.09. The zero-order valence-corrected chi connectivity index (χ0v) is 10.3. The summed E-state index contributed by atoms with van der Waals surface area (Å²) in [4.78, 5) is 17.1. The van der Waals surface area contributed by atoms with Gasteiger partial charge in [0.25, 0.3) is 0 Å². The minimum atomic E-state index is -0.968. The second-order valence-corrected chi connectivity index (χ2v) is 4.74. The lowest BCUT2D eigenvalue weighted by molar-refractivity contribution is 0.0690. The van der Waals surface area contributed by atoms with E-state index in [1.54, 1.807) is 12.3 Å². The molecule has 1 aliphatic heterocycles. The summed E-state index contributed by atoms with van der Waals surface area (Å²) >= 11 is 0. The lowest BCUT2D eigenvalue weighted by Crippen LogP contribution is -2.43. The zero-order valence-electron chi connectivity index (χ0n) is 10.3. The van der Waals surface area contributed by atoms with Crippen LogP contribution in [0.4, 0.5) is 5.69 Å². The van der Waals surface area contributed by atoms with E-state index >= 15 is 0 Å². The maximum Gasteiger partial charge on any atom is 0.354 e. The normalized spacial score (nSPS) is 24.7. The summed E-state index contributed by atoms with van der Waals surface area (Å²) in [7, 11) is 0. The number of aromatic carboxylic acids is 1. The number of carboxylic acid groups (broad SMARTS) is 1. The van der Waals surface area contributed by atoms with E-state index in [9.17, 15) is 4.79 Å². The number of hydrogen-bond acceptors (Lipinski definition) is 3. The fourth-order valence-corrected chi connectivity index (χ4v) is 2.63. The third kappa shape index (κ3) is 2.40. The maximum absolute atomic E-state index is 10.9. The fourth-order valence-electron chi connectivity index (χ4n) is 2.63. The van der Waals surface area contributed by atoms with Crippen molar-refractivity contribution in [3.63, 3.8) is 0 Å². The van der Waals surface area contributed by atoms with Crippen molar-refractivity contribution in [3.8, 4) is 0 Å². The molecule has 0 radical (unpaired) electrons. The van der Waals surface area contributed by atoms with Gasteiger partial charge >= 0.3 is 5.97 Å². The van der Waals surface area contributed by atoms with Crippen LogP contribution in [0.2, 0.25) is 0 Å². The van der Waals surface area contributed by atoms with Gasteiger partial charge in [-0.25, -0.2) is 9.78 Å². The molecular formula is C13H18N2O2. The molecular weight excluding hydrogens is 216 g/mol. The van der Waals surface area contributed by atoms with Crippen LogP contribution in [0.25, 0.3) is 0 Å². The first-order valence-electron chi connectivity index (χ1n) is 6.07. The van der Waals surface area contributed by atoms with E-state index in [0.717, 1.165) is 18.5 Å². The van der Waals surface area contributed by atoms with Gasteiger partial charge in [0.15, 0.2) is 0 Å². The summed E-state index contributed by atoms with van der Waals surface area (Å²) in [6, 6.07) is 4.48. The fraction of sp³-hybridized carbons (Fsp3) is 0.538. The maximum atomic E-state index is 10.9. The van der Waals surface area contributed by atoms with E-state index in [1.807, 2.05) is 6.07 Å². The van der Waals surface area contributed by atoms with Crippen molar-refractivity contribution in [2.75, 3.05) is 4.90 Å². The van der Waals surface area contributed by atoms with Gasteiger partial charge in [0.1, 0.15) is 5.69 Å². The second kappa shape index (κ2) is 4.73. The predicted octanol–water partition coefficient (Wildman–Crippen LogP) is 2.55. The van der Waals surface area contributed by atoms with Crippen molar-refractivity contribution in [1.82, 2.24) is 4.98 Å². The third-order valence-electron chi connectivity index (χ3n) is 3.45. The minimum absolute atomic E-state index is 0.118. The topological polar surface area (TPSA) is 53.4 Å². The molecule has 0 unspecified atom stereocenters. The van der Waals surface area contributed by atoms with Crippen molar-refractivity contribution < 1.29 is 9.90 Å². The van der Waals surface area contributed by atoms with Crippen molar-refractivity contribution in [3.05, 3.63) is 24.0 Å². The van der Waals surface area contributed by atoms with Crippen LogP contribution < -0.4 is 4.90 Å². The summed E-state index contributed by atoms with van der Waals surface area (Å²) < 4.78 is 0. The molecule has 1 aromatic heterocycles. The summed E-state index contributed by atoms with van der Waals surface area (Å²) in [6.45, 7) is 4.38. The standard InChI is InChI=1S/C13H18N2O2/c1-9-4-3-5-10(2)15(9)11-6-7-14-12(8-11)13(16)17/h6-10H,3-5H2,1-2H3,(H,16,17)/t9-,10+. The number of piperidine rings is 1. The molecule has 1 aliphatic rings. The van der Waals surface area contributed by atoms with Gasteiger partial charge in [0.2, 0.25) is 0 Å². The Labute approximate surface area is 101 Å². The molecule has 2 heterocycles. The molecule has 0 aliphatic carbocycles. The summed E-state index contributed by atoms with van der Waals surface area (Å²) in [6.07, 6.45) is 5.15. The molecule has 2 rings (SSSR count). The molecule has 2 atom stereocenters. The van der Waals surface area contributed by atoms with Gasteiger partial charge in [0, 0.05) is 24.0 Å². The Hall–Kier alpha value is -1.58. The largest absolute Gasteiger partial charge is 0.477 e. The van der Waals surface area contributed by atoms with Gasteiger partial charge in [-0.3, -0.25) is 0 Å². The number of aromatic nitrogens is 1. The van der Waals surface area contributed by atoms with Crippen molar-refractivity contribution in [2.45, 2.75) is 45.2 Å². The Morgan fingerprint density at radius 2 is 2.06 bits per heavy atom. The van der Waals surface area contributed by atoms with E-state index in [-0.39, 0.29) is 5.69 Å². The average Bonchev–Trinajstić information content (AvgIpc) is 2.29. The Morgan fingerprint density at radius 1 is 1.41 bits per heavy atom. The molecule has 17 heavy (non-hydrogen) atoms. The highest BCUT2D eigenvalue weighted by Crippen LogP contribution is 2.28. The summed E-state index contributed by atoms with van der Waals surface area (Å²) in [5.41, 5.74) is 1.09. The van der Waals surface area contributed by atoms with Crippen molar-refractivity contribution in [1.29, 1.82) is 0 Å². The number of nitrogens with zero attached hydrogens (tertiary/aromatic N) is 2. The van der Waals surface area contributed by atoms with Crippen LogP contribution in [-0.2, 0) is 0 Å². The number of carbonyl (C=O) groups is 1. The SMILES string of the molecule is C[C@@H]1CCC[C@H](C)N1c1ccnc(C(=O)O)c1. The van der Waals surface area contributed by atoms with Gasteiger partial charge in [-0.15, -0.1) is 0 Å². The Bertz CT molecular complexity index is 410. The molecule has 4 heteroatoms. The van der Waals surface area contributed by atoms with Gasteiger partial charge < -0.3 is 10.0 Å². The number of hydrogen-bond donors (Lipinski definition) is 1. The Kier molecular flexibility index (Phi) is 3.31. The number of carboxylic acids is 1. The molecule has 0 spiro atoms. The first-order valence-corrected chi connectivity index (χ1v) is 6.07. The van der Waals surface area contributed by atoms with E-state index in [0.29, 0.717) is 12.1 Å². The number of pyridine rings is 1. The van der Waals surface area contributed by atoms with Crippen LogP contribution in [0.1, 0.15) is 43.6 Å². The van der Waals surface area contributed by atoms with E-state index < -0.39 is 5.97 Å². The minimum Gasteiger partial charge on any atom is -0.477 e. The van der Waals surface area contributed by atoms with Crippen LogP contribution in [0.15, 0.2) is 18.3 Å². The van der Waals surface area contributed by atoms with Gasteiger partial charge in [0.05, 0.1) is 0 Å². The van der Waals surface area contributed by atoms with Crippen LogP contribution in [0, 0.1) is 0 Å². The predicted molar refractivity (Wildman–Crippen MR) is 66.5 cm³/mol. The molecule has 92 valence electrons. The van der Waals surface area contributed by atoms with Crippen LogP contribution in [0.3, 0.4) is 0 Å². The van der Waals surface area contributed by atoms with Crippen LogP contribution >= 0.6 is 0 Å². The summed E-state index contributed by atoms with van der Waals surface area (Å²) in [5, 5.41) is 8.96. The van der Waals surface area contributed by atoms with E-state index in [1.165, 1.54) is 6.42 Å². The highest BCUT2D eigenvalue weighted by Gasteiger charge is 2.25. The number of rotatable bonds is 2. The molecule has 1 aromatic rings. The molecule has 0 aromatic carbocycles. The van der Waals surface area contributed by atoms with Crippen LogP contribution in [-0.4, -0.2) is 28.1 Å². The quantitative estimate of drug-likeness (QED) is 0.854. The molecule has 4 nitrogen and oxygen atoms in total. The summed E-state index contributed by atoms with van der Waals surface area (Å²) in [5.74, 6) is -0.968. The van der Waals surface area contributed by atoms with Crippen molar-refractivity contribution >= 4 is 11.7 Å². The Morgan fingerprint density at radius 3 is 2.65 bits per heavy atom. The highest BCUT2D eigenvalue weighted by molar-refractivity contribution is 5.86. The smallest absolute Gasteiger partial charge is 0.354 e. The van der Waals surface area contributed by atoms with Crippen LogP contribution in [0.5, 0.6) is 0 Å². The van der Waals surface area contributed by atoms with E-state index in [4.69, 9.17) is 5.11 Å². The molecule has 0 amide bonds. The molecule has 1 N–H and O–H groups in total. The van der Waals surface area contributed by atoms with Gasteiger partial charge in [-0.05, 0) is 45.2 Å². The monoisotopic (exact) mass is 234 g/mol. The zero-order chi connectivity index (χ0) is 12.4. The lowest BCUT2D eigenvalue weighted by Gasteiger charge is -2.41. The van der Waals surface area contributed by atoms with Gasteiger partial charge in [-0.2, -0.15) is 0 Å². The third-order valence-corrected chi connectivity index (χ3v) is 3.45. The Balaban J connectivity index is 2.31. The molecule has 0 bridgehead atoms. The highest BCUT2D eigenvalue weighted by atomic mass is 16.4. The van der Waals surface area contributed by atoms with Gasteiger partial charge in [-0.1, -0.05) is 0 Å². The average molecular weight is 234 g/mol. The molecule has 1 fully saturated rings. The van der Waals surface area contributed by atoms with E-state index in [2.05, 4.69) is 23.7 Å². The second-order valence-electron chi connectivity index (χ2n) is 4.74. The van der Waals surface area contributed by atoms with Crippen molar-refractivity contribution in [2.24, 2.45) is 0 Å².